The van der Waals surface area contributed by atoms with E-state index in [0.717, 1.165) is 37.5 Å². The minimum Gasteiger partial charge on any atom is -0.325 e. The number of benzene rings is 2. The molecular weight excluding hydrogens is 366 g/mol. The first kappa shape index (κ1) is 22.2. The second kappa shape index (κ2) is 9.90. The van der Waals surface area contributed by atoms with Gasteiger partial charge in [0, 0.05) is 24.2 Å². The van der Waals surface area contributed by atoms with Crippen molar-refractivity contribution in [2.24, 2.45) is 0 Å². The zero-order valence-electron chi connectivity index (χ0n) is 17.7. The van der Waals surface area contributed by atoms with Crippen molar-refractivity contribution in [2.75, 3.05) is 31.1 Å². The summed E-state index contributed by atoms with van der Waals surface area (Å²) < 4.78 is 0. The number of pyridine rings is 1. The highest BCUT2D eigenvalue weighted by Gasteiger charge is 2.15. The van der Waals surface area contributed by atoms with Gasteiger partial charge in [-0.2, -0.15) is 0 Å². The minimum absolute atomic E-state index is 0. The molecule has 0 fully saturated rings. The van der Waals surface area contributed by atoms with Crippen LogP contribution >= 0.6 is 12.4 Å². The summed E-state index contributed by atoms with van der Waals surface area (Å²) in [4.78, 5) is 9.90. The van der Waals surface area contributed by atoms with Crippen LogP contribution in [0.25, 0.3) is 10.9 Å². The second-order valence-electron chi connectivity index (χ2n) is 7.29. The van der Waals surface area contributed by atoms with E-state index in [2.05, 4.69) is 92.9 Å². The van der Waals surface area contributed by atoms with Crippen LogP contribution in [0.1, 0.15) is 30.5 Å². The maximum Gasteiger partial charge on any atom is 0.134 e. The molecule has 0 spiro atoms. The predicted molar refractivity (Wildman–Crippen MR) is 124 cm³/mol. The Kier molecular flexibility index (Phi) is 7.85. The normalized spacial score (nSPS) is 10.9. The van der Waals surface area contributed by atoms with Crippen LogP contribution in [0.2, 0.25) is 0 Å². The molecular formula is C24H32ClN3. The Morgan fingerprint density at radius 2 is 1.50 bits per heavy atom. The third kappa shape index (κ3) is 4.84. The van der Waals surface area contributed by atoms with Gasteiger partial charge in [0.25, 0.3) is 0 Å². The van der Waals surface area contributed by atoms with Crippen LogP contribution in [0.4, 0.5) is 11.5 Å². The fraction of sp³-hybridized carbons (Fsp3) is 0.375. The number of likely N-dealkylation sites (N-methyl/N-ethyl adjacent to an activating group) is 1. The highest BCUT2D eigenvalue weighted by Crippen LogP contribution is 2.29. The van der Waals surface area contributed by atoms with Crippen molar-refractivity contribution >= 4 is 34.8 Å². The van der Waals surface area contributed by atoms with Gasteiger partial charge in [-0.05, 0) is 69.3 Å². The molecule has 0 aliphatic carbocycles. The molecule has 3 aromatic rings. The van der Waals surface area contributed by atoms with Crippen LogP contribution in [-0.2, 0) is 0 Å². The molecule has 0 aliphatic heterocycles. The molecule has 0 saturated heterocycles. The van der Waals surface area contributed by atoms with Gasteiger partial charge < -0.3 is 9.80 Å². The van der Waals surface area contributed by atoms with E-state index in [1.807, 2.05) is 0 Å². The van der Waals surface area contributed by atoms with Gasteiger partial charge >= 0.3 is 0 Å². The van der Waals surface area contributed by atoms with Gasteiger partial charge in [0.15, 0.2) is 0 Å². The summed E-state index contributed by atoms with van der Waals surface area (Å²) in [6.45, 7) is 15.0. The van der Waals surface area contributed by atoms with Gasteiger partial charge in [0.1, 0.15) is 5.82 Å². The minimum atomic E-state index is 0. The quantitative estimate of drug-likeness (QED) is 0.482. The Hall–Kier alpha value is -2.10. The lowest BCUT2D eigenvalue weighted by Gasteiger charge is -2.28. The molecule has 0 bridgehead atoms. The van der Waals surface area contributed by atoms with E-state index in [4.69, 9.17) is 4.98 Å². The smallest absolute Gasteiger partial charge is 0.134 e. The Bertz CT molecular complexity index is 905. The van der Waals surface area contributed by atoms with Gasteiger partial charge in [-0.1, -0.05) is 43.7 Å². The zero-order valence-corrected chi connectivity index (χ0v) is 18.5. The number of rotatable bonds is 7. The fourth-order valence-corrected chi connectivity index (χ4v) is 3.73. The number of hydrogen-bond acceptors (Lipinski definition) is 3. The first-order valence-electron chi connectivity index (χ1n) is 9.97. The van der Waals surface area contributed by atoms with E-state index in [1.54, 1.807) is 0 Å². The average molecular weight is 398 g/mol. The van der Waals surface area contributed by atoms with Crippen molar-refractivity contribution in [2.45, 2.75) is 34.6 Å². The molecule has 0 saturated carbocycles. The number of nitrogens with zero attached hydrogens (tertiary/aromatic N) is 3. The highest BCUT2D eigenvalue weighted by molar-refractivity contribution is 5.88. The molecule has 2 aromatic carbocycles. The molecule has 1 aromatic heterocycles. The molecule has 0 atom stereocenters. The lowest BCUT2D eigenvalue weighted by atomic mass is 10.0. The maximum absolute atomic E-state index is 5.09. The first-order valence-corrected chi connectivity index (χ1v) is 9.97. The first-order chi connectivity index (χ1) is 13.0. The highest BCUT2D eigenvalue weighted by atomic mass is 35.5. The standard InChI is InChI=1S/C24H31N3.ClH/c1-6-26(7-2)13-14-27(21-11-9-8-10-12-21)23-17-19(4)22-16-18(3)15-20(5)24(22)25-23;/h8-12,15-17H,6-7,13-14H2,1-5H3;1H. The molecule has 3 rings (SSSR count). The zero-order chi connectivity index (χ0) is 19.4. The van der Waals surface area contributed by atoms with Crippen molar-refractivity contribution in [1.29, 1.82) is 0 Å². The Labute approximate surface area is 175 Å². The summed E-state index contributed by atoms with van der Waals surface area (Å²) in [5, 5.41) is 1.26. The van der Waals surface area contributed by atoms with Gasteiger partial charge in [0.05, 0.1) is 5.52 Å². The van der Waals surface area contributed by atoms with Crippen LogP contribution < -0.4 is 4.90 Å². The summed E-state index contributed by atoms with van der Waals surface area (Å²) in [6, 6.07) is 17.3. The van der Waals surface area contributed by atoms with E-state index in [-0.39, 0.29) is 12.4 Å². The van der Waals surface area contributed by atoms with E-state index in [9.17, 15) is 0 Å². The number of halogens is 1. The lowest BCUT2D eigenvalue weighted by molar-refractivity contribution is 0.312. The summed E-state index contributed by atoms with van der Waals surface area (Å²) in [7, 11) is 0. The van der Waals surface area contributed by atoms with Gasteiger partial charge in [0.2, 0.25) is 0 Å². The van der Waals surface area contributed by atoms with Crippen LogP contribution in [0.5, 0.6) is 0 Å². The van der Waals surface area contributed by atoms with Gasteiger partial charge in [-0.15, -0.1) is 12.4 Å². The monoisotopic (exact) mass is 397 g/mol. The summed E-state index contributed by atoms with van der Waals surface area (Å²) in [6.07, 6.45) is 0. The summed E-state index contributed by atoms with van der Waals surface area (Å²) in [5.41, 5.74) is 6.12. The van der Waals surface area contributed by atoms with Crippen LogP contribution in [-0.4, -0.2) is 36.1 Å². The van der Waals surface area contributed by atoms with Crippen molar-refractivity contribution in [1.82, 2.24) is 9.88 Å². The Balaban J connectivity index is 0.00000280. The van der Waals surface area contributed by atoms with E-state index < -0.39 is 0 Å². The van der Waals surface area contributed by atoms with Crippen LogP contribution in [0.3, 0.4) is 0 Å². The number of fused-ring (bicyclic) bond motifs is 1. The maximum atomic E-state index is 5.09. The predicted octanol–water partition coefficient (Wildman–Crippen LogP) is 6.06. The summed E-state index contributed by atoms with van der Waals surface area (Å²) >= 11 is 0. The molecule has 150 valence electrons. The van der Waals surface area contributed by atoms with E-state index in [0.29, 0.717) is 0 Å². The number of hydrogen-bond donors (Lipinski definition) is 0. The largest absolute Gasteiger partial charge is 0.325 e. The number of aromatic nitrogens is 1. The molecule has 28 heavy (non-hydrogen) atoms. The molecule has 0 aliphatic rings. The summed E-state index contributed by atoms with van der Waals surface area (Å²) in [5.74, 6) is 1.03. The molecule has 0 unspecified atom stereocenters. The molecule has 3 nitrogen and oxygen atoms in total. The molecule has 0 amide bonds. The van der Waals surface area contributed by atoms with Crippen LogP contribution in [0, 0.1) is 20.8 Å². The molecule has 0 N–H and O–H groups in total. The second-order valence-corrected chi connectivity index (χ2v) is 7.29. The van der Waals surface area contributed by atoms with E-state index in [1.165, 1.54) is 27.8 Å². The molecule has 0 radical (unpaired) electrons. The van der Waals surface area contributed by atoms with Crippen molar-refractivity contribution in [3.05, 3.63) is 65.2 Å². The van der Waals surface area contributed by atoms with Crippen molar-refractivity contribution < 1.29 is 0 Å². The Morgan fingerprint density at radius 1 is 0.821 bits per heavy atom. The molecule has 1 heterocycles. The van der Waals surface area contributed by atoms with Gasteiger partial charge in [-0.25, -0.2) is 4.98 Å². The Morgan fingerprint density at radius 3 is 2.14 bits per heavy atom. The topological polar surface area (TPSA) is 19.4 Å². The van der Waals surface area contributed by atoms with Gasteiger partial charge in [-0.3, -0.25) is 0 Å². The molecule has 4 heteroatoms. The SMILES string of the molecule is CCN(CC)CCN(c1ccccc1)c1cc(C)c2cc(C)cc(C)c2n1.Cl. The third-order valence-electron chi connectivity index (χ3n) is 5.32. The van der Waals surface area contributed by atoms with Crippen molar-refractivity contribution in [3.63, 3.8) is 0 Å². The van der Waals surface area contributed by atoms with Crippen LogP contribution in [0.15, 0.2) is 48.5 Å². The van der Waals surface area contributed by atoms with Crippen molar-refractivity contribution in [3.8, 4) is 0 Å². The number of aryl methyl sites for hydroxylation is 3. The lowest BCUT2D eigenvalue weighted by Crippen LogP contribution is -2.33. The third-order valence-corrected chi connectivity index (χ3v) is 5.32. The fourth-order valence-electron chi connectivity index (χ4n) is 3.73. The average Bonchev–Trinajstić information content (AvgIpc) is 2.67. The number of para-hydroxylation sites is 1. The van der Waals surface area contributed by atoms with E-state index >= 15 is 0 Å². The number of anilines is 2.